The Bertz CT molecular complexity index is 557. The molecule has 0 aliphatic rings. The predicted octanol–water partition coefficient (Wildman–Crippen LogP) is 5.28. The quantitative estimate of drug-likeness (QED) is 0.817. The number of hydrogen-bond donors (Lipinski definition) is 1. The maximum absolute atomic E-state index is 5.93. The molecule has 0 amide bonds. The van der Waals surface area contributed by atoms with E-state index in [1.165, 1.54) is 5.56 Å². The molecule has 2 nitrogen and oxygen atoms in total. The predicted molar refractivity (Wildman–Crippen MR) is 84.2 cm³/mol. The van der Waals surface area contributed by atoms with Crippen molar-refractivity contribution in [1.82, 2.24) is 0 Å². The van der Waals surface area contributed by atoms with Crippen LogP contribution >= 0.6 is 27.5 Å². The number of methoxy groups -OCH3 is 1. The van der Waals surface area contributed by atoms with Crippen molar-refractivity contribution in [3.8, 4) is 5.75 Å². The van der Waals surface area contributed by atoms with Crippen molar-refractivity contribution in [2.75, 3.05) is 12.4 Å². The van der Waals surface area contributed by atoms with Gasteiger partial charge < -0.3 is 10.1 Å². The third kappa shape index (κ3) is 3.64. The molecule has 2 aromatic carbocycles. The molecular formula is C15H15BrClNO. The van der Waals surface area contributed by atoms with E-state index >= 15 is 0 Å². The molecule has 19 heavy (non-hydrogen) atoms. The highest BCUT2D eigenvalue weighted by atomic mass is 79.9. The summed E-state index contributed by atoms with van der Waals surface area (Å²) in [6.07, 6.45) is 0. The van der Waals surface area contributed by atoms with Crippen LogP contribution in [0.5, 0.6) is 5.75 Å². The molecule has 100 valence electrons. The lowest BCUT2D eigenvalue weighted by molar-refractivity contribution is 0.414. The smallest absolute Gasteiger partial charge is 0.118 e. The van der Waals surface area contributed by atoms with Gasteiger partial charge in [0.2, 0.25) is 0 Å². The number of benzene rings is 2. The molecule has 2 rings (SSSR count). The number of anilines is 1. The molecule has 0 fully saturated rings. The summed E-state index contributed by atoms with van der Waals surface area (Å²) in [5, 5.41) is 4.16. The van der Waals surface area contributed by atoms with E-state index in [2.05, 4.69) is 40.3 Å². The summed E-state index contributed by atoms with van der Waals surface area (Å²) in [4.78, 5) is 0. The molecule has 1 N–H and O–H groups in total. The third-order valence-corrected chi connectivity index (χ3v) is 3.81. The third-order valence-electron chi connectivity index (χ3n) is 2.92. The molecule has 1 atom stereocenters. The fourth-order valence-corrected chi connectivity index (χ4v) is 2.61. The van der Waals surface area contributed by atoms with Crippen LogP contribution in [0.4, 0.5) is 5.69 Å². The number of hydrogen-bond acceptors (Lipinski definition) is 2. The van der Waals surface area contributed by atoms with Crippen LogP contribution in [0.25, 0.3) is 0 Å². The first-order valence-corrected chi connectivity index (χ1v) is 7.13. The van der Waals surface area contributed by atoms with Crippen molar-refractivity contribution in [3.63, 3.8) is 0 Å². The van der Waals surface area contributed by atoms with Gasteiger partial charge in [0.15, 0.2) is 0 Å². The fourth-order valence-electron chi connectivity index (χ4n) is 1.82. The number of halogens is 2. The first-order chi connectivity index (χ1) is 9.10. The minimum Gasteiger partial charge on any atom is -0.497 e. The minimum atomic E-state index is 0.198. The van der Waals surface area contributed by atoms with Crippen LogP contribution in [0.2, 0.25) is 5.02 Å². The van der Waals surface area contributed by atoms with E-state index in [1.54, 1.807) is 7.11 Å². The molecule has 0 radical (unpaired) electrons. The van der Waals surface area contributed by atoms with Gasteiger partial charge >= 0.3 is 0 Å². The molecule has 0 saturated heterocycles. The molecule has 0 aliphatic carbocycles. The van der Waals surface area contributed by atoms with E-state index in [4.69, 9.17) is 16.3 Å². The van der Waals surface area contributed by atoms with Gasteiger partial charge in [-0.25, -0.2) is 0 Å². The van der Waals surface area contributed by atoms with E-state index in [0.29, 0.717) is 0 Å². The molecular weight excluding hydrogens is 326 g/mol. The molecule has 0 spiro atoms. The second-order valence-corrected chi connectivity index (χ2v) is 5.55. The van der Waals surface area contributed by atoms with Crippen LogP contribution in [-0.4, -0.2) is 7.11 Å². The second kappa shape index (κ2) is 6.31. The minimum absolute atomic E-state index is 0.198. The SMILES string of the molecule is COc1ccc(C(C)Nc2ccc(Cl)cc2Br)cc1. The number of nitrogens with one attached hydrogen (secondary N) is 1. The lowest BCUT2D eigenvalue weighted by Gasteiger charge is -2.17. The van der Waals surface area contributed by atoms with Gasteiger partial charge in [0.05, 0.1) is 7.11 Å². The van der Waals surface area contributed by atoms with Gasteiger partial charge in [0, 0.05) is 21.2 Å². The Morgan fingerprint density at radius 1 is 1.16 bits per heavy atom. The summed E-state index contributed by atoms with van der Waals surface area (Å²) in [6, 6.07) is 13.9. The van der Waals surface area contributed by atoms with E-state index in [0.717, 1.165) is 20.9 Å². The zero-order valence-corrected chi connectivity index (χ0v) is 13.1. The van der Waals surface area contributed by atoms with Crippen LogP contribution in [-0.2, 0) is 0 Å². The van der Waals surface area contributed by atoms with Gasteiger partial charge in [-0.2, -0.15) is 0 Å². The summed E-state index contributed by atoms with van der Waals surface area (Å²) in [7, 11) is 1.67. The Labute approximate surface area is 126 Å². The van der Waals surface area contributed by atoms with Crippen LogP contribution < -0.4 is 10.1 Å². The van der Waals surface area contributed by atoms with Crippen LogP contribution in [0.1, 0.15) is 18.5 Å². The Morgan fingerprint density at radius 2 is 1.84 bits per heavy atom. The van der Waals surface area contributed by atoms with Crippen LogP contribution in [0, 0.1) is 0 Å². The van der Waals surface area contributed by atoms with Gasteiger partial charge in [-0.05, 0) is 58.7 Å². The molecule has 0 aliphatic heterocycles. The number of ether oxygens (including phenoxy) is 1. The van der Waals surface area contributed by atoms with Crippen molar-refractivity contribution in [2.45, 2.75) is 13.0 Å². The van der Waals surface area contributed by atoms with E-state index in [1.807, 2.05) is 30.3 Å². The largest absolute Gasteiger partial charge is 0.497 e. The molecule has 0 bridgehead atoms. The monoisotopic (exact) mass is 339 g/mol. The lowest BCUT2D eigenvalue weighted by atomic mass is 10.1. The molecule has 0 aromatic heterocycles. The molecule has 0 heterocycles. The van der Waals surface area contributed by atoms with Crippen molar-refractivity contribution in [1.29, 1.82) is 0 Å². The van der Waals surface area contributed by atoms with Crippen LogP contribution in [0.3, 0.4) is 0 Å². The Kier molecular flexibility index (Phi) is 4.72. The van der Waals surface area contributed by atoms with Gasteiger partial charge in [0.1, 0.15) is 5.75 Å². The second-order valence-electron chi connectivity index (χ2n) is 4.26. The summed E-state index contributed by atoms with van der Waals surface area (Å²) in [5.74, 6) is 0.864. The molecule has 0 saturated carbocycles. The maximum atomic E-state index is 5.93. The first-order valence-electron chi connectivity index (χ1n) is 5.95. The summed E-state index contributed by atoms with van der Waals surface area (Å²) >= 11 is 9.44. The Balaban J connectivity index is 2.13. The highest BCUT2D eigenvalue weighted by Crippen LogP contribution is 2.29. The average Bonchev–Trinajstić information content (AvgIpc) is 2.42. The standard InChI is InChI=1S/C15H15BrClNO/c1-10(11-3-6-13(19-2)7-4-11)18-15-8-5-12(17)9-14(15)16/h3-10,18H,1-2H3. The summed E-state index contributed by atoms with van der Waals surface area (Å²) in [6.45, 7) is 2.11. The Morgan fingerprint density at radius 3 is 2.42 bits per heavy atom. The Hall–Kier alpha value is -1.19. The highest BCUT2D eigenvalue weighted by Gasteiger charge is 2.08. The maximum Gasteiger partial charge on any atom is 0.118 e. The molecule has 2 aromatic rings. The molecule has 1 unspecified atom stereocenters. The van der Waals surface area contributed by atoms with E-state index < -0.39 is 0 Å². The van der Waals surface area contributed by atoms with E-state index in [-0.39, 0.29) is 6.04 Å². The van der Waals surface area contributed by atoms with Crippen molar-refractivity contribution in [3.05, 3.63) is 57.5 Å². The fraction of sp³-hybridized carbons (Fsp3) is 0.200. The van der Waals surface area contributed by atoms with Gasteiger partial charge in [-0.15, -0.1) is 0 Å². The molecule has 4 heteroatoms. The van der Waals surface area contributed by atoms with Crippen LogP contribution in [0.15, 0.2) is 46.9 Å². The summed E-state index contributed by atoms with van der Waals surface area (Å²) < 4.78 is 6.12. The average molecular weight is 341 g/mol. The number of rotatable bonds is 4. The van der Waals surface area contributed by atoms with Gasteiger partial charge in [-0.1, -0.05) is 23.7 Å². The van der Waals surface area contributed by atoms with Gasteiger partial charge in [-0.3, -0.25) is 0 Å². The zero-order chi connectivity index (χ0) is 13.8. The van der Waals surface area contributed by atoms with E-state index in [9.17, 15) is 0 Å². The summed E-state index contributed by atoms with van der Waals surface area (Å²) in [5.41, 5.74) is 2.22. The van der Waals surface area contributed by atoms with Crippen molar-refractivity contribution < 1.29 is 4.74 Å². The topological polar surface area (TPSA) is 21.3 Å². The van der Waals surface area contributed by atoms with Crippen molar-refractivity contribution >= 4 is 33.2 Å². The zero-order valence-electron chi connectivity index (χ0n) is 10.8. The lowest BCUT2D eigenvalue weighted by Crippen LogP contribution is -2.06. The van der Waals surface area contributed by atoms with Crippen molar-refractivity contribution in [2.24, 2.45) is 0 Å². The normalized spacial score (nSPS) is 12.0. The van der Waals surface area contributed by atoms with Gasteiger partial charge in [0.25, 0.3) is 0 Å². The highest BCUT2D eigenvalue weighted by molar-refractivity contribution is 9.10. The first kappa shape index (κ1) is 14.2.